The maximum absolute atomic E-state index is 5.94. The van der Waals surface area contributed by atoms with Crippen molar-refractivity contribution in [3.8, 4) is 5.75 Å². The van der Waals surface area contributed by atoms with Crippen LogP contribution in [0.3, 0.4) is 0 Å². The quantitative estimate of drug-likeness (QED) is 0.554. The molecule has 0 unspecified atom stereocenters. The number of methoxy groups -OCH3 is 1. The van der Waals surface area contributed by atoms with Crippen LogP contribution in [0.25, 0.3) is 0 Å². The van der Waals surface area contributed by atoms with Crippen molar-refractivity contribution in [3.63, 3.8) is 0 Å². The Morgan fingerprint density at radius 2 is 1.80 bits per heavy atom. The molecule has 2 aromatic carbocycles. The van der Waals surface area contributed by atoms with Crippen molar-refractivity contribution in [3.05, 3.63) is 54.3 Å². The Hall–Kier alpha value is -0.230. The molecule has 2 rings (SSSR count). The van der Waals surface area contributed by atoms with Crippen LogP contribution in [0, 0.1) is 0 Å². The number of nitrogens with one attached hydrogen (secondary N) is 1. The minimum atomic E-state index is 0.682. The fourth-order valence-electron chi connectivity index (χ4n) is 1.68. The number of rotatable bonds is 4. The molecule has 0 aliphatic heterocycles. The van der Waals surface area contributed by atoms with Crippen molar-refractivity contribution in [1.29, 1.82) is 0 Å². The Morgan fingerprint density at radius 1 is 1.05 bits per heavy atom. The topological polar surface area (TPSA) is 21.3 Å². The lowest BCUT2D eigenvalue weighted by atomic mass is 10.2. The second-order valence-corrected chi connectivity index (χ2v) is 7.06. The molecule has 0 aliphatic rings. The summed E-state index contributed by atoms with van der Waals surface area (Å²) in [5.41, 5.74) is 2.09. The Balaban J connectivity index is 2.18. The summed E-state index contributed by atoms with van der Waals surface area (Å²) in [5.74, 6) is 0.783. The van der Waals surface area contributed by atoms with Crippen LogP contribution in [0.1, 0.15) is 5.56 Å². The first kappa shape index (κ1) is 16.1. The third-order valence-electron chi connectivity index (χ3n) is 2.73. The summed E-state index contributed by atoms with van der Waals surface area (Å²) in [7, 11) is 1.65. The number of hydrogen-bond acceptors (Lipinski definition) is 2. The van der Waals surface area contributed by atoms with Crippen LogP contribution in [0.4, 0.5) is 5.69 Å². The molecular formula is C14H11Br3ClNO. The van der Waals surface area contributed by atoms with Crippen molar-refractivity contribution >= 4 is 65.1 Å². The largest absolute Gasteiger partial charge is 0.495 e. The van der Waals surface area contributed by atoms with Crippen LogP contribution in [0.2, 0.25) is 5.02 Å². The summed E-state index contributed by atoms with van der Waals surface area (Å²) in [4.78, 5) is 0. The molecule has 2 aromatic rings. The minimum absolute atomic E-state index is 0.682. The maximum atomic E-state index is 5.94. The molecule has 0 saturated carbocycles. The highest BCUT2D eigenvalue weighted by Crippen LogP contribution is 2.35. The van der Waals surface area contributed by atoms with E-state index >= 15 is 0 Å². The van der Waals surface area contributed by atoms with Gasteiger partial charge in [-0.3, -0.25) is 0 Å². The molecule has 0 bridgehead atoms. The average Bonchev–Trinajstić information content (AvgIpc) is 2.39. The van der Waals surface area contributed by atoms with E-state index in [2.05, 4.69) is 53.1 Å². The molecular weight excluding hydrogens is 473 g/mol. The standard InChI is InChI=1S/C14H11Br3ClNO/c1-20-14-6-13(11(16)5-12(14)17)19-7-8-2-3-9(18)4-10(8)15/h2-6,19H,7H2,1H3. The second kappa shape index (κ2) is 7.16. The number of halogens is 4. The molecule has 106 valence electrons. The summed E-state index contributed by atoms with van der Waals surface area (Å²) in [6, 6.07) is 9.65. The Kier molecular flexibility index (Phi) is 5.78. The summed E-state index contributed by atoms with van der Waals surface area (Å²) in [6.07, 6.45) is 0. The number of benzene rings is 2. The molecule has 0 aliphatic carbocycles. The first-order valence-electron chi connectivity index (χ1n) is 5.72. The fourth-order valence-corrected chi connectivity index (χ4v) is 3.80. The summed E-state index contributed by atoms with van der Waals surface area (Å²) >= 11 is 16.4. The molecule has 0 radical (unpaired) electrons. The SMILES string of the molecule is COc1cc(NCc2ccc(Cl)cc2Br)c(Br)cc1Br. The van der Waals surface area contributed by atoms with Crippen LogP contribution in [-0.2, 0) is 6.54 Å². The van der Waals surface area contributed by atoms with Crippen molar-refractivity contribution < 1.29 is 4.74 Å². The first-order chi connectivity index (χ1) is 9.51. The van der Waals surface area contributed by atoms with Gasteiger partial charge >= 0.3 is 0 Å². The van der Waals surface area contributed by atoms with Gasteiger partial charge in [-0.25, -0.2) is 0 Å². The zero-order valence-corrected chi connectivity index (χ0v) is 16.0. The highest BCUT2D eigenvalue weighted by atomic mass is 79.9. The van der Waals surface area contributed by atoms with E-state index in [4.69, 9.17) is 16.3 Å². The molecule has 20 heavy (non-hydrogen) atoms. The van der Waals surface area contributed by atoms with Crippen LogP contribution in [0.15, 0.2) is 43.7 Å². The summed E-state index contributed by atoms with van der Waals surface area (Å²) in [6.45, 7) is 0.682. The van der Waals surface area contributed by atoms with E-state index in [1.54, 1.807) is 7.11 Å². The number of ether oxygens (including phenoxy) is 1. The predicted molar refractivity (Wildman–Crippen MR) is 94.9 cm³/mol. The highest BCUT2D eigenvalue weighted by Gasteiger charge is 2.08. The molecule has 0 heterocycles. The van der Waals surface area contributed by atoms with Gasteiger partial charge in [0.25, 0.3) is 0 Å². The number of anilines is 1. The average molecular weight is 484 g/mol. The molecule has 0 spiro atoms. The van der Waals surface area contributed by atoms with E-state index < -0.39 is 0 Å². The van der Waals surface area contributed by atoms with Gasteiger partial charge in [0.2, 0.25) is 0 Å². The molecule has 0 amide bonds. The van der Waals surface area contributed by atoms with E-state index in [1.807, 2.05) is 30.3 Å². The van der Waals surface area contributed by atoms with Crippen LogP contribution >= 0.6 is 59.4 Å². The van der Waals surface area contributed by atoms with Gasteiger partial charge in [0.15, 0.2) is 0 Å². The van der Waals surface area contributed by atoms with E-state index in [9.17, 15) is 0 Å². The maximum Gasteiger partial charge on any atom is 0.135 e. The molecule has 0 fully saturated rings. The van der Waals surface area contributed by atoms with Gasteiger partial charge in [-0.1, -0.05) is 33.6 Å². The lowest BCUT2D eigenvalue weighted by Crippen LogP contribution is -2.01. The fraction of sp³-hybridized carbons (Fsp3) is 0.143. The molecule has 6 heteroatoms. The van der Waals surface area contributed by atoms with Gasteiger partial charge < -0.3 is 10.1 Å². The highest BCUT2D eigenvalue weighted by molar-refractivity contribution is 9.11. The van der Waals surface area contributed by atoms with E-state index in [0.29, 0.717) is 11.6 Å². The lowest BCUT2D eigenvalue weighted by Gasteiger charge is -2.13. The second-order valence-electron chi connectivity index (χ2n) is 4.06. The number of hydrogen-bond donors (Lipinski definition) is 1. The Bertz CT molecular complexity index is 634. The van der Waals surface area contributed by atoms with Crippen molar-refractivity contribution in [1.82, 2.24) is 0 Å². The molecule has 0 saturated heterocycles. The molecule has 1 N–H and O–H groups in total. The van der Waals surface area contributed by atoms with Crippen LogP contribution in [0.5, 0.6) is 5.75 Å². The normalized spacial score (nSPS) is 10.4. The third kappa shape index (κ3) is 3.91. The van der Waals surface area contributed by atoms with Crippen LogP contribution in [-0.4, -0.2) is 7.11 Å². The van der Waals surface area contributed by atoms with E-state index in [1.165, 1.54) is 0 Å². The lowest BCUT2D eigenvalue weighted by molar-refractivity contribution is 0.412. The Morgan fingerprint density at radius 3 is 2.45 bits per heavy atom. The van der Waals surface area contributed by atoms with Gasteiger partial charge in [0.1, 0.15) is 5.75 Å². The van der Waals surface area contributed by atoms with Gasteiger partial charge in [0.05, 0.1) is 17.3 Å². The first-order valence-corrected chi connectivity index (χ1v) is 8.48. The Labute approximate surface area is 148 Å². The van der Waals surface area contributed by atoms with Crippen molar-refractivity contribution in [2.45, 2.75) is 6.54 Å². The van der Waals surface area contributed by atoms with Crippen LogP contribution < -0.4 is 10.1 Å². The summed E-state index contributed by atoms with van der Waals surface area (Å²) < 4.78 is 8.16. The van der Waals surface area contributed by atoms with Gasteiger partial charge in [-0.2, -0.15) is 0 Å². The van der Waals surface area contributed by atoms with Gasteiger partial charge in [0, 0.05) is 26.6 Å². The van der Waals surface area contributed by atoms with E-state index in [0.717, 1.165) is 30.4 Å². The minimum Gasteiger partial charge on any atom is -0.495 e. The molecule has 0 atom stereocenters. The monoisotopic (exact) mass is 481 g/mol. The van der Waals surface area contributed by atoms with Crippen molar-refractivity contribution in [2.24, 2.45) is 0 Å². The summed E-state index contributed by atoms with van der Waals surface area (Å²) in [5, 5.41) is 4.09. The third-order valence-corrected chi connectivity index (χ3v) is 4.97. The van der Waals surface area contributed by atoms with Crippen molar-refractivity contribution in [2.75, 3.05) is 12.4 Å². The smallest absolute Gasteiger partial charge is 0.135 e. The van der Waals surface area contributed by atoms with Gasteiger partial charge in [-0.05, 0) is 55.6 Å². The zero-order chi connectivity index (χ0) is 14.7. The van der Waals surface area contributed by atoms with Gasteiger partial charge in [-0.15, -0.1) is 0 Å². The zero-order valence-electron chi connectivity index (χ0n) is 10.5. The molecule has 2 nitrogen and oxygen atoms in total. The molecule has 0 aromatic heterocycles. The van der Waals surface area contributed by atoms with E-state index in [-0.39, 0.29) is 0 Å². The predicted octanol–water partition coefficient (Wildman–Crippen LogP) is 6.25.